The number of rotatable bonds is 7. The molecule has 2 aromatic rings. The van der Waals surface area contributed by atoms with Gasteiger partial charge in [-0.25, -0.2) is 23.0 Å². The van der Waals surface area contributed by atoms with Crippen molar-refractivity contribution >= 4 is 62.0 Å². The summed E-state index contributed by atoms with van der Waals surface area (Å²) < 4.78 is 36.3. The van der Waals surface area contributed by atoms with Gasteiger partial charge in [-0.15, -0.1) is 0 Å². The zero-order valence-corrected chi connectivity index (χ0v) is 20.2. The molecular weight excluding hydrogens is 494 g/mol. The second-order valence-corrected chi connectivity index (χ2v) is 11.8. The molecule has 0 saturated carbocycles. The standard InChI is InChI=1S/C19H19N3O6S4/c1-31(25)15-7-3-13(4-8-15)22(19(24)28-21-18-11-20-17(23)12-29-18)30-14-5-9-16(10-6-14)32(2,26)27/h3-11,21H,12H2,1-2H3,(H,20,23). The molecule has 0 spiro atoms. The normalized spacial score (nSPS) is 14.7. The summed E-state index contributed by atoms with van der Waals surface area (Å²) in [6, 6.07) is 12.6. The molecule has 1 unspecified atom stereocenters. The Balaban J connectivity index is 1.81. The quantitative estimate of drug-likeness (QED) is 0.425. The third-order valence-corrected chi connectivity index (χ3v) is 7.99. The van der Waals surface area contributed by atoms with E-state index in [9.17, 15) is 22.2 Å². The molecule has 0 radical (unpaired) electrons. The molecule has 0 aliphatic carbocycles. The van der Waals surface area contributed by atoms with Crippen LogP contribution in [0.15, 0.2) is 74.4 Å². The Morgan fingerprint density at radius 2 is 1.84 bits per heavy atom. The lowest BCUT2D eigenvalue weighted by molar-refractivity contribution is -0.117. The van der Waals surface area contributed by atoms with E-state index in [0.717, 1.165) is 18.2 Å². The first-order valence-corrected chi connectivity index (χ1v) is 14.2. The average molecular weight is 514 g/mol. The lowest BCUT2D eigenvalue weighted by atomic mass is 10.3. The summed E-state index contributed by atoms with van der Waals surface area (Å²) in [5.41, 5.74) is 2.97. The fourth-order valence-corrected chi connectivity index (χ4v) is 4.96. The number of sulfone groups is 1. The zero-order valence-electron chi connectivity index (χ0n) is 16.9. The molecule has 170 valence electrons. The van der Waals surface area contributed by atoms with Crippen LogP contribution in [0.5, 0.6) is 0 Å². The number of benzene rings is 2. The molecule has 0 aromatic heterocycles. The Labute approximate surface area is 196 Å². The van der Waals surface area contributed by atoms with Crippen LogP contribution in [0, 0.1) is 0 Å². The lowest BCUT2D eigenvalue weighted by Gasteiger charge is -2.22. The van der Waals surface area contributed by atoms with Gasteiger partial charge in [-0.05, 0) is 60.5 Å². The summed E-state index contributed by atoms with van der Waals surface area (Å²) in [5.74, 6) is 0.0342. The van der Waals surface area contributed by atoms with E-state index in [1.807, 2.05) is 0 Å². The van der Waals surface area contributed by atoms with E-state index in [2.05, 4.69) is 10.8 Å². The number of nitrogens with one attached hydrogen (secondary N) is 2. The number of carbonyl (C=O) groups is 2. The van der Waals surface area contributed by atoms with Gasteiger partial charge in [0, 0.05) is 39.3 Å². The van der Waals surface area contributed by atoms with Crippen LogP contribution >= 0.6 is 23.7 Å². The molecule has 0 fully saturated rings. The van der Waals surface area contributed by atoms with E-state index < -0.39 is 26.7 Å². The van der Waals surface area contributed by atoms with E-state index in [1.54, 1.807) is 42.7 Å². The number of anilines is 1. The largest absolute Gasteiger partial charge is 0.449 e. The highest BCUT2D eigenvalue weighted by Crippen LogP contribution is 2.31. The van der Waals surface area contributed by atoms with Gasteiger partial charge in [0.25, 0.3) is 0 Å². The molecule has 32 heavy (non-hydrogen) atoms. The van der Waals surface area contributed by atoms with Crippen LogP contribution in [0.3, 0.4) is 0 Å². The van der Waals surface area contributed by atoms with Crippen molar-refractivity contribution in [3.8, 4) is 0 Å². The molecule has 1 heterocycles. The Kier molecular flexibility index (Phi) is 7.87. The highest BCUT2D eigenvalue weighted by molar-refractivity contribution is 8.03. The molecule has 1 atom stereocenters. The molecule has 3 rings (SSSR count). The molecule has 1 aliphatic heterocycles. The van der Waals surface area contributed by atoms with E-state index in [4.69, 9.17) is 4.84 Å². The smallest absolute Gasteiger partial charge is 0.329 e. The first-order valence-electron chi connectivity index (χ1n) is 8.94. The van der Waals surface area contributed by atoms with Crippen molar-refractivity contribution in [2.45, 2.75) is 14.7 Å². The van der Waals surface area contributed by atoms with Gasteiger partial charge in [0.05, 0.1) is 16.3 Å². The molecule has 13 heteroatoms. The fraction of sp³-hybridized carbons (Fsp3) is 0.158. The molecule has 2 N–H and O–H groups in total. The number of hydrogen-bond acceptors (Lipinski definition) is 9. The highest BCUT2D eigenvalue weighted by atomic mass is 32.2. The Bertz CT molecular complexity index is 1160. The number of hydrogen-bond donors (Lipinski definition) is 2. The van der Waals surface area contributed by atoms with Crippen molar-refractivity contribution in [3.63, 3.8) is 0 Å². The topological polar surface area (TPSA) is 122 Å². The van der Waals surface area contributed by atoms with Crippen molar-refractivity contribution in [2.24, 2.45) is 0 Å². The first kappa shape index (κ1) is 24.2. The van der Waals surface area contributed by atoms with Crippen LogP contribution in [0.25, 0.3) is 0 Å². The molecule has 0 saturated heterocycles. The molecule has 0 bridgehead atoms. The van der Waals surface area contributed by atoms with Crippen molar-refractivity contribution in [3.05, 3.63) is 59.8 Å². The average Bonchev–Trinajstić information content (AvgIpc) is 2.76. The van der Waals surface area contributed by atoms with Gasteiger partial charge in [0.2, 0.25) is 5.91 Å². The SMILES string of the molecule is CS(=O)c1ccc(N(Sc2ccc(S(C)(=O)=O)cc2)C(=O)ONC2=CNC(=O)CS2)cc1. The molecular formula is C19H19N3O6S4. The first-order chi connectivity index (χ1) is 15.1. The maximum Gasteiger partial charge on any atom is 0.449 e. The van der Waals surface area contributed by atoms with E-state index in [1.165, 1.54) is 34.4 Å². The van der Waals surface area contributed by atoms with Crippen LogP contribution in [-0.2, 0) is 30.3 Å². The van der Waals surface area contributed by atoms with Crippen molar-refractivity contribution in [2.75, 3.05) is 22.6 Å². The number of carbonyl (C=O) groups excluding carboxylic acids is 2. The monoisotopic (exact) mass is 513 g/mol. The van der Waals surface area contributed by atoms with E-state index in [0.29, 0.717) is 20.5 Å². The zero-order chi connectivity index (χ0) is 23.3. The minimum Gasteiger partial charge on any atom is -0.329 e. The van der Waals surface area contributed by atoms with Gasteiger partial charge < -0.3 is 10.2 Å². The van der Waals surface area contributed by atoms with Gasteiger partial charge in [-0.3, -0.25) is 9.00 Å². The predicted molar refractivity (Wildman–Crippen MR) is 125 cm³/mol. The Morgan fingerprint density at radius 3 is 2.38 bits per heavy atom. The Morgan fingerprint density at radius 1 is 1.19 bits per heavy atom. The van der Waals surface area contributed by atoms with Crippen LogP contribution in [0.4, 0.5) is 10.5 Å². The number of hydroxylamine groups is 1. The predicted octanol–water partition coefficient (Wildman–Crippen LogP) is 2.64. The molecule has 1 aliphatic rings. The Hall–Kier alpha value is -2.48. The fourth-order valence-electron chi connectivity index (χ4n) is 2.39. The van der Waals surface area contributed by atoms with Crippen LogP contribution in [0.2, 0.25) is 0 Å². The van der Waals surface area contributed by atoms with Gasteiger partial charge in [0.15, 0.2) is 9.84 Å². The number of nitrogens with zero attached hydrogens (tertiary/aromatic N) is 1. The molecule has 2 aromatic carbocycles. The van der Waals surface area contributed by atoms with Crippen molar-refractivity contribution < 1.29 is 27.1 Å². The van der Waals surface area contributed by atoms with Gasteiger partial charge in [-0.2, -0.15) is 0 Å². The summed E-state index contributed by atoms with van der Waals surface area (Å²) in [5, 5.41) is 2.97. The second kappa shape index (κ2) is 10.4. The van der Waals surface area contributed by atoms with E-state index >= 15 is 0 Å². The molecule has 2 amide bonds. The summed E-state index contributed by atoms with van der Waals surface area (Å²) in [4.78, 5) is 30.6. The van der Waals surface area contributed by atoms with Gasteiger partial charge in [0.1, 0.15) is 5.03 Å². The third kappa shape index (κ3) is 6.51. The maximum absolute atomic E-state index is 12.8. The number of amides is 2. The van der Waals surface area contributed by atoms with Crippen LogP contribution < -0.4 is 15.1 Å². The third-order valence-electron chi connectivity index (χ3n) is 3.98. The summed E-state index contributed by atoms with van der Waals surface area (Å²) >= 11 is 2.20. The molecule has 9 nitrogen and oxygen atoms in total. The minimum absolute atomic E-state index is 0.157. The van der Waals surface area contributed by atoms with Gasteiger partial charge in [-0.1, -0.05) is 11.8 Å². The van der Waals surface area contributed by atoms with Crippen molar-refractivity contribution in [1.29, 1.82) is 0 Å². The van der Waals surface area contributed by atoms with Gasteiger partial charge >= 0.3 is 6.09 Å². The summed E-state index contributed by atoms with van der Waals surface area (Å²) in [6.45, 7) is 0. The highest BCUT2D eigenvalue weighted by Gasteiger charge is 2.22. The summed E-state index contributed by atoms with van der Waals surface area (Å²) in [6.07, 6.45) is 3.31. The van der Waals surface area contributed by atoms with Crippen LogP contribution in [0.1, 0.15) is 0 Å². The second-order valence-electron chi connectivity index (χ2n) is 6.41. The summed E-state index contributed by atoms with van der Waals surface area (Å²) in [7, 11) is -4.52. The van der Waals surface area contributed by atoms with Crippen LogP contribution in [-0.4, -0.2) is 42.9 Å². The number of thioether (sulfide) groups is 1. The maximum atomic E-state index is 12.8. The van der Waals surface area contributed by atoms with E-state index in [-0.39, 0.29) is 16.6 Å². The lowest BCUT2D eigenvalue weighted by Crippen LogP contribution is -2.32. The minimum atomic E-state index is -3.35. The van der Waals surface area contributed by atoms with Crippen molar-refractivity contribution in [1.82, 2.24) is 10.8 Å².